The molecule has 0 spiro atoms. The lowest BCUT2D eigenvalue weighted by Crippen LogP contribution is -2.49. The summed E-state index contributed by atoms with van der Waals surface area (Å²) in [6.07, 6.45) is 6.04. The van der Waals surface area contributed by atoms with Gasteiger partial charge in [-0.25, -0.2) is 0 Å². The Morgan fingerprint density at radius 2 is 2.19 bits per heavy atom. The summed E-state index contributed by atoms with van der Waals surface area (Å²) >= 11 is 0. The van der Waals surface area contributed by atoms with Gasteiger partial charge in [0, 0.05) is 25.5 Å². The molecule has 1 amide bonds. The van der Waals surface area contributed by atoms with Gasteiger partial charge < -0.3 is 10.0 Å². The number of aliphatic carboxylic acids is 1. The highest BCUT2D eigenvalue weighted by Gasteiger charge is 2.42. The number of carbonyl (C=O) groups excluding carboxylic acids is 1. The fraction of sp³-hybridized carbons (Fsp3) is 0.562. The lowest BCUT2D eigenvalue weighted by Gasteiger charge is -2.40. The number of amides is 1. The molecule has 1 aliphatic heterocycles. The van der Waals surface area contributed by atoms with Crippen LogP contribution in [0.1, 0.15) is 48.5 Å². The number of likely N-dealkylation sites (tertiary alicyclic amines) is 1. The van der Waals surface area contributed by atoms with Crippen molar-refractivity contribution in [2.24, 2.45) is 5.41 Å². The lowest BCUT2D eigenvalue weighted by atomic mass is 9.76. The highest BCUT2D eigenvalue weighted by atomic mass is 16.4. The van der Waals surface area contributed by atoms with Gasteiger partial charge in [-0.2, -0.15) is 0 Å². The lowest BCUT2D eigenvalue weighted by molar-refractivity contribution is -0.152. The summed E-state index contributed by atoms with van der Waals surface area (Å²) in [5.74, 6) is -0.906. The molecule has 5 heteroatoms. The van der Waals surface area contributed by atoms with E-state index in [1.165, 1.54) is 0 Å². The minimum absolute atomic E-state index is 0.118. The van der Waals surface area contributed by atoms with Crippen LogP contribution in [0.4, 0.5) is 0 Å². The maximum absolute atomic E-state index is 12.6. The van der Waals surface area contributed by atoms with Gasteiger partial charge in [-0.05, 0) is 37.8 Å². The van der Waals surface area contributed by atoms with Gasteiger partial charge in [0.05, 0.1) is 11.0 Å². The smallest absolute Gasteiger partial charge is 0.311 e. The van der Waals surface area contributed by atoms with Crippen molar-refractivity contribution in [1.29, 1.82) is 0 Å². The second-order valence-corrected chi connectivity index (χ2v) is 5.92. The molecular formula is C16H22N2O3. The first-order valence-electron chi connectivity index (χ1n) is 7.43. The van der Waals surface area contributed by atoms with Crippen LogP contribution in [-0.2, 0) is 4.79 Å². The molecule has 1 fully saturated rings. The summed E-state index contributed by atoms with van der Waals surface area (Å²) in [6, 6.07) is 1.80. The van der Waals surface area contributed by atoms with E-state index < -0.39 is 11.4 Å². The summed E-state index contributed by atoms with van der Waals surface area (Å²) < 4.78 is 0. The molecule has 0 saturated carbocycles. The van der Waals surface area contributed by atoms with Crippen LogP contribution in [-0.4, -0.2) is 40.0 Å². The van der Waals surface area contributed by atoms with Crippen molar-refractivity contribution in [2.75, 3.05) is 13.1 Å². The topological polar surface area (TPSA) is 70.5 Å². The molecule has 2 rings (SSSR count). The van der Waals surface area contributed by atoms with Crippen LogP contribution in [0.15, 0.2) is 18.5 Å². The summed E-state index contributed by atoms with van der Waals surface area (Å²) in [7, 11) is 0. The first-order valence-corrected chi connectivity index (χ1v) is 7.43. The SMILES string of the molecule is CCCC1(C(=O)O)CCCN(C(=O)c2cncc(C)c2)C1. The van der Waals surface area contributed by atoms with Crippen LogP contribution in [0.25, 0.3) is 0 Å². The van der Waals surface area contributed by atoms with Crippen LogP contribution in [0.5, 0.6) is 0 Å². The molecule has 1 aromatic rings. The minimum Gasteiger partial charge on any atom is -0.481 e. The first-order chi connectivity index (χ1) is 9.98. The Balaban J connectivity index is 2.20. The van der Waals surface area contributed by atoms with Crippen molar-refractivity contribution in [3.05, 3.63) is 29.6 Å². The zero-order valence-corrected chi connectivity index (χ0v) is 12.6. The Morgan fingerprint density at radius 1 is 1.43 bits per heavy atom. The maximum Gasteiger partial charge on any atom is 0.311 e. The summed E-state index contributed by atoms with van der Waals surface area (Å²) in [4.78, 5) is 29.9. The molecular weight excluding hydrogens is 268 g/mol. The van der Waals surface area contributed by atoms with Gasteiger partial charge in [0.2, 0.25) is 0 Å². The average molecular weight is 290 g/mol. The van der Waals surface area contributed by atoms with Crippen molar-refractivity contribution in [1.82, 2.24) is 9.88 Å². The average Bonchev–Trinajstić information content (AvgIpc) is 2.47. The molecule has 1 atom stereocenters. The highest BCUT2D eigenvalue weighted by Crippen LogP contribution is 2.35. The molecule has 1 unspecified atom stereocenters. The van der Waals surface area contributed by atoms with Crippen LogP contribution in [0.2, 0.25) is 0 Å². The van der Waals surface area contributed by atoms with Gasteiger partial charge in [-0.1, -0.05) is 13.3 Å². The van der Waals surface area contributed by atoms with Gasteiger partial charge in [0.15, 0.2) is 0 Å². The van der Waals surface area contributed by atoms with E-state index in [0.29, 0.717) is 31.5 Å². The van der Waals surface area contributed by atoms with E-state index in [2.05, 4.69) is 4.98 Å². The molecule has 0 radical (unpaired) electrons. The van der Waals surface area contributed by atoms with Crippen LogP contribution >= 0.6 is 0 Å². The van der Waals surface area contributed by atoms with Gasteiger partial charge in [0.1, 0.15) is 0 Å². The van der Waals surface area contributed by atoms with E-state index in [1.54, 1.807) is 23.4 Å². The van der Waals surface area contributed by atoms with E-state index in [0.717, 1.165) is 18.4 Å². The van der Waals surface area contributed by atoms with Crippen molar-refractivity contribution >= 4 is 11.9 Å². The Hall–Kier alpha value is -1.91. The van der Waals surface area contributed by atoms with Crippen LogP contribution < -0.4 is 0 Å². The summed E-state index contributed by atoms with van der Waals surface area (Å²) in [6.45, 7) is 4.78. The Morgan fingerprint density at radius 3 is 2.81 bits per heavy atom. The Bertz CT molecular complexity index is 540. The number of hydrogen-bond donors (Lipinski definition) is 1. The number of pyridine rings is 1. The molecule has 1 aromatic heterocycles. The highest BCUT2D eigenvalue weighted by molar-refractivity contribution is 5.94. The van der Waals surface area contributed by atoms with Gasteiger partial charge in [-0.15, -0.1) is 0 Å². The monoisotopic (exact) mass is 290 g/mol. The van der Waals surface area contributed by atoms with Gasteiger partial charge in [-0.3, -0.25) is 14.6 Å². The summed E-state index contributed by atoms with van der Waals surface area (Å²) in [5, 5.41) is 9.58. The molecule has 1 saturated heterocycles. The molecule has 21 heavy (non-hydrogen) atoms. The number of piperidine rings is 1. The van der Waals surface area contributed by atoms with Crippen LogP contribution in [0, 0.1) is 12.3 Å². The van der Waals surface area contributed by atoms with E-state index in [4.69, 9.17) is 0 Å². The third kappa shape index (κ3) is 3.23. The molecule has 114 valence electrons. The molecule has 0 bridgehead atoms. The normalized spacial score (nSPS) is 22.1. The zero-order chi connectivity index (χ0) is 15.5. The fourth-order valence-electron chi connectivity index (χ4n) is 3.12. The third-order valence-electron chi connectivity index (χ3n) is 4.17. The predicted molar refractivity (Wildman–Crippen MR) is 79.1 cm³/mol. The van der Waals surface area contributed by atoms with Gasteiger partial charge >= 0.3 is 5.97 Å². The standard InChI is InChI=1S/C16H22N2O3/c1-3-5-16(15(20)21)6-4-7-18(11-16)14(19)13-8-12(2)9-17-10-13/h8-10H,3-7,11H2,1-2H3,(H,20,21). The fourth-order valence-corrected chi connectivity index (χ4v) is 3.12. The number of aromatic nitrogens is 1. The second-order valence-electron chi connectivity index (χ2n) is 5.92. The van der Waals surface area contributed by atoms with Crippen molar-refractivity contribution in [2.45, 2.75) is 39.5 Å². The number of carboxylic acids is 1. The van der Waals surface area contributed by atoms with E-state index in [1.807, 2.05) is 13.8 Å². The van der Waals surface area contributed by atoms with Crippen molar-refractivity contribution in [3.63, 3.8) is 0 Å². The number of carboxylic acid groups (broad SMARTS) is 1. The predicted octanol–water partition coefficient (Wildman–Crippen LogP) is 2.50. The van der Waals surface area contributed by atoms with E-state index >= 15 is 0 Å². The molecule has 2 heterocycles. The quantitative estimate of drug-likeness (QED) is 0.925. The number of rotatable bonds is 4. The number of aryl methyl sites for hydroxylation is 1. The first kappa shape index (κ1) is 15.5. The molecule has 0 aromatic carbocycles. The summed E-state index contributed by atoms with van der Waals surface area (Å²) in [5.41, 5.74) is 0.670. The number of nitrogens with zero attached hydrogens (tertiary/aromatic N) is 2. The number of hydrogen-bond acceptors (Lipinski definition) is 3. The van der Waals surface area contributed by atoms with Crippen molar-refractivity contribution in [3.8, 4) is 0 Å². The molecule has 5 nitrogen and oxygen atoms in total. The second kappa shape index (κ2) is 6.24. The maximum atomic E-state index is 12.6. The Kier molecular flexibility index (Phi) is 4.60. The third-order valence-corrected chi connectivity index (χ3v) is 4.17. The molecule has 0 aliphatic carbocycles. The van der Waals surface area contributed by atoms with E-state index in [-0.39, 0.29) is 5.91 Å². The molecule has 1 N–H and O–H groups in total. The van der Waals surface area contributed by atoms with Crippen LogP contribution in [0.3, 0.4) is 0 Å². The van der Waals surface area contributed by atoms with E-state index in [9.17, 15) is 14.7 Å². The van der Waals surface area contributed by atoms with Crippen molar-refractivity contribution < 1.29 is 14.7 Å². The largest absolute Gasteiger partial charge is 0.481 e. The number of carbonyl (C=O) groups is 2. The zero-order valence-electron chi connectivity index (χ0n) is 12.6. The minimum atomic E-state index is -0.792. The van der Waals surface area contributed by atoms with Gasteiger partial charge in [0.25, 0.3) is 5.91 Å². The molecule has 1 aliphatic rings. The Labute approximate surface area is 125 Å².